The lowest BCUT2D eigenvalue weighted by molar-refractivity contribution is -0.385. The maximum atomic E-state index is 14.8. The van der Waals surface area contributed by atoms with Gasteiger partial charge in [-0.15, -0.1) is 0 Å². The third-order valence-corrected chi connectivity index (χ3v) is 5.04. The van der Waals surface area contributed by atoms with Crippen LogP contribution >= 0.6 is 15.9 Å². The Labute approximate surface area is 185 Å². The number of anilines is 1. The largest absolute Gasteiger partial charge is 0.443 e. The molecule has 1 aromatic heterocycles. The second kappa shape index (κ2) is 8.10. The molecule has 31 heavy (non-hydrogen) atoms. The summed E-state index contributed by atoms with van der Waals surface area (Å²) in [5, 5.41) is 11.5. The molecule has 0 radical (unpaired) electrons. The number of carbonyl (C=O) groups excluding carboxylic acids is 1. The number of nitro groups is 1. The maximum Gasteiger partial charge on any atom is 0.414 e. The smallest absolute Gasteiger partial charge is 0.414 e. The molecule has 0 N–H and O–H groups in total. The first-order valence-electron chi connectivity index (χ1n) is 9.15. The van der Waals surface area contributed by atoms with E-state index in [4.69, 9.17) is 4.74 Å². The van der Waals surface area contributed by atoms with Crippen LogP contribution in [-0.4, -0.2) is 28.2 Å². The van der Waals surface area contributed by atoms with Gasteiger partial charge in [0.2, 0.25) is 0 Å². The van der Waals surface area contributed by atoms with Crippen molar-refractivity contribution < 1.29 is 18.8 Å². The van der Waals surface area contributed by atoms with Gasteiger partial charge in [-0.05, 0) is 72.4 Å². The summed E-state index contributed by atoms with van der Waals surface area (Å²) in [7, 11) is 1.38. The van der Waals surface area contributed by atoms with Crippen LogP contribution in [0.4, 0.5) is 20.6 Å². The number of benzene rings is 2. The van der Waals surface area contributed by atoms with E-state index in [0.717, 1.165) is 11.0 Å². The van der Waals surface area contributed by atoms with E-state index in [9.17, 15) is 24.1 Å². The number of rotatable bonds is 3. The molecule has 0 saturated carbocycles. The van der Waals surface area contributed by atoms with E-state index in [2.05, 4.69) is 15.9 Å². The van der Waals surface area contributed by atoms with E-state index in [-0.39, 0.29) is 21.2 Å². The van der Waals surface area contributed by atoms with Crippen LogP contribution in [0.25, 0.3) is 16.5 Å². The summed E-state index contributed by atoms with van der Waals surface area (Å²) in [4.78, 5) is 36.7. The molecule has 0 aliphatic carbocycles. The molecule has 162 valence electrons. The molecule has 0 fully saturated rings. The van der Waals surface area contributed by atoms with Crippen LogP contribution in [0.2, 0.25) is 0 Å². The minimum atomic E-state index is -0.763. The number of hydrogen-bond acceptors (Lipinski definition) is 5. The zero-order valence-corrected chi connectivity index (χ0v) is 18.8. The van der Waals surface area contributed by atoms with Crippen molar-refractivity contribution in [2.24, 2.45) is 0 Å². The molecule has 0 spiro atoms. The monoisotopic (exact) mass is 491 g/mol. The van der Waals surface area contributed by atoms with E-state index in [1.54, 1.807) is 26.8 Å². The average molecular weight is 492 g/mol. The second-order valence-electron chi connectivity index (χ2n) is 7.81. The van der Waals surface area contributed by atoms with E-state index in [1.807, 2.05) is 0 Å². The Morgan fingerprint density at radius 2 is 1.90 bits per heavy atom. The Morgan fingerprint density at radius 1 is 1.23 bits per heavy atom. The number of nitrogens with zero attached hydrogens (tertiary/aromatic N) is 3. The van der Waals surface area contributed by atoms with Crippen LogP contribution in [0, 0.1) is 15.9 Å². The van der Waals surface area contributed by atoms with E-state index >= 15 is 0 Å². The molecule has 2 aromatic carbocycles. The molecule has 3 aromatic rings. The zero-order valence-electron chi connectivity index (χ0n) is 17.2. The van der Waals surface area contributed by atoms with E-state index < -0.39 is 28.0 Å². The molecule has 1 heterocycles. The van der Waals surface area contributed by atoms with Gasteiger partial charge in [0.05, 0.1) is 26.2 Å². The van der Waals surface area contributed by atoms with Gasteiger partial charge in [-0.3, -0.25) is 24.4 Å². The van der Waals surface area contributed by atoms with Crippen molar-refractivity contribution in [2.45, 2.75) is 26.4 Å². The summed E-state index contributed by atoms with van der Waals surface area (Å²) in [5.74, 6) is -0.763. The predicted octanol–water partition coefficient (Wildman–Crippen LogP) is 5.17. The molecule has 0 aliphatic rings. The molecule has 0 aliphatic heterocycles. The SMILES string of the molecule is CN(C(=O)OC(C)(C)C)c1cc2ccn(-c3ccc([N+](=O)[O-])c(Br)c3)c(=O)c2cc1F. The Kier molecular flexibility index (Phi) is 5.86. The standard InChI is InChI=1S/C21H19BrFN3O5/c1-21(2,3)31-20(28)24(4)18-9-12-7-8-25(19(27)14(12)11-16(18)23)13-5-6-17(26(29)30)15(22)10-13/h5-11H,1-4H3. The minimum Gasteiger partial charge on any atom is -0.443 e. The molecule has 0 unspecified atom stereocenters. The van der Waals surface area contributed by atoms with Crippen molar-refractivity contribution in [2.75, 3.05) is 11.9 Å². The summed E-state index contributed by atoms with van der Waals surface area (Å²) in [6, 6.07) is 8.19. The Hall–Kier alpha value is -3.27. The summed E-state index contributed by atoms with van der Waals surface area (Å²) < 4.78 is 21.5. The van der Waals surface area contributed by atoms with Crippen LogP contribution < -0.4 is 10.5 Å². The molecule has 0 bridgehead atoms. The van der Waals surface area contributed by atoms with E-state index in [1.165, 1.54) is 42.1 Å². The summed E-state index contributed by atoms with van der Waals surface area (Å²) >= 11 is 3.12. The fraction of sp³-hybridized carbons (Fsp3) is 0.238. The van der Waals surface area contributed by atoms with Crippen molar-refractivity contribution in [1.29, 1.82) is 0 Å². The van der Waals surface area contributed by atoms with Crippen molar-refractivity contribution in [1.82, 2.24) is 4.57 Å². The molecular weight excluding hydrogens is 473 g/mol. The van der Waals surface area contributed by atoms with Crippen LogP contribution in [0.5, 0.6) is 0 Å². The fourth-order valence-electron chi connectivity index (χ4n) is 2.94. The van der Waals surface area contributed by atoms with Crippen LogP contribution in [0.1, 0.15) is 20.8 Å². The number of pyridine rings is 1. The van der Waals surface area contributed by atoms with Crippen molar-refractivity contribution >= 4 is 44.2 Å². The summed E-state index contributed by atoms with van der Waals surface area (Å²) in [5.41, 5.74) is -1.05. The van der Waals surface area contributed by atoms with Crippen LogP contribution in [0.15, 0.2) is 51.9 Å². The molecule has 0 saturated heterocycles. The highest BCUT2D eigenvalue weighted by Gasteiger charge is 2.23. The van der Waals surface area contributed by atoms with Gasteiger partial charge in [0.1, 0.15) is 11.4 Å². The summed E-state index contributed by atoms with van der Waals surface area (Å²) in [6.07, 6.45) is 0.753. The van der Waals surface area contributed by atoms with Crippen LogP contribution in [-0.2, 0) is 4.74 Å². The van der Waals surface area contributed by atoms with Gasteiger partial charge in [0, 0.05) is 19.3 Å². The quantitative estimate of drug-likeness (QED) is 0.371. The third kappa shape index (κ3) is 4.58. The lowest BCUT2D eigenvalue weighted by Gasteiger charge is -2.25. The van der Waals surface area contributed by atoms with E-state index in [0.29, 0.717) is 11.1 Å². The Morgan fingerprint density at radius 3 is 2.48 bits per heavy atom. The highest BCUT2D eigenvalue weighted by atomic mass is 79.9. The number of amides is 1. The highest BCUT2D eigenvalue weighted by Crippen LogP contribution is 2.28. The summed E-state index contributed by atoms with van der Waals surface area (Å²) in [6.45, 7) is 5.11. The van der Waals surface area contributed by atoms with Crippen molar-refractivity contribution in [3.8, 4) is 5.69 Å². The number of fused-ring (bicyclic) bond motifs is 1. The zero-order chi connectivity index (χ0) is 23.1. The van der Waals surface area contributed by atoms with Crippen molar-refractivity contribution in [3.63, 3.8) is 0 Å². The Bertz CT molecular complexity index is 1270. The minimum absolute atomic E-state index is 0.0306. The normalized spacial score (nSPS) is 11.4. The number of halogens is 2. The lowest BCUT2D eigenvalue weighted by atomic mass is 10.1. The number of hydrogen-bond donors (Lipinski definition) is 0. The number of aromatic nitrogens is 1. The third-order valence-electron chi connectivity index (χ3n) is 4.41. The molecule has 0 atom stereocenters. The van der Waals surface area contributed by atoms with Gasteiger partial charge in [-0.25, -0.2) is 9.18 Å². The lowest BCUT2D eigenvalue weighted by Crippen LogP contribution is -2.34. The predicted molar refractivity (Wildman–Crippen MR) is 118 cm³/mol. The first-order valence-corrected chi connectivity index (χ1v) is 9.94. The number of carbonyl (C=O) groups is 1. The average Bonchev–Trinajstić information content (AvgIpc) is 2.66. The van der Waals surface area contributed by atoms with Gasteiger partial charge in [0.25, 0.3) is 11.2 Å². The van der Waals surface area contributed by atoms with Crippen molar-refractivity contribution in [3.05, 3.63) is 73.4 Å². The van der Waals surface area contributed by atoms with Gasteiger partial charge >= 0.3 is 6.09 Å². The second-order valence-corrected chi connectivity index (χ2v) is 8.67. The van der Waals surface area contributed by atoms with Gasteiger partial charge in [-0.2, -0.15) is 0 Å². The first kappa shape index (κ1) is 22.4. The fourth-order valence-corrected chi connectivity index (χ4v) is 3.45. The molecule has 8 nitrogen and oxygen atoms in total. The Balaban J connectivity index is 2.06. The van der Waals surface area contributed by atoms with Gasteiger partial charge < -0.3 is 4.74 Å². The first-order chi connectivity index (χ1) is 14.4. The number of ether oxygens (including phenoxy) is 1. The molecular formula is C21H19BrFN3O5. The van der Waals surface area contributed by atoms with Gasteiger partial charge in [-0.1, -0.05) is 0 Å². The van der Waals surface area contributed by atoms with Gasteiger partial charge in [0.15, 0.2) is 0 Å². The molecule has 3 rings (SSSR count). The topological polar surface area (TPSA) is 94.7 Å². The van der Waals surface area contributed by atoms with Crippen LogP contribution in [0.3, 0.4) is 0 Å². The number of nitro benzene ring substituents is 1. The molecule has 10 heteroatoms. The maximum absolute atomic E-state index is 14.8. The molecule has 1 amide bonds. The highest BCUT2D eigenvalue weighted by molar-refractivity contribution is 9.10.